The monoisotopic (exact) mass is 267 g/mol. The van der Waals surface area contributed by atoms with Gasteiger partial charge in [0.15, 0.2) is 0 Å². The zero-order valence-corrected chi connectivity index (χ0v) is 12.2. The van der Waals surface area contributed by atoms with Gasteiger partial charge in [-0.15, -0.1) is 0 Å². The number of hydrogen-bond acceptors (Lipinski definition) is 4. The van der Waals surface area contributed by atoms with Crippen molar-refractivity contribution in [2.45, 2.75) is 25.5 Å². The quantitative estimate of drug-likeness (QED) is 0.831. The van der Waals surface area contributed by atoms with Crippen molar-refractivity contribution in [2.75, 3.05) is 24.7 Å². The summed E-state index contributed by atoms with van der Waals surface area (Å²) in [6, 6.07) is 3.60. The maximum absolute atomic E-state index is 11.9. The van der Waals surface area contributed by atoms with Crippen LogP contribution >= 0.6 is 11.8 Å². The maximum Gasteiger partial charge on any atom is 0.269 e. The van der Waals surface area contributed by atoms with Gasteiger partial charge in [-0.3, -0.25) is 4.79 Å². The van der Waals surface area contributed by atoms with E-state index in [2.05, 4.69) is 29.5 Å². The molecule has 0 unspecified atom stereocenters. The minimum absolute atomic E-state index is 0.0410. The highest BCUT2D eigenvalue weighted by Gasteiger charge is 2.17. The summed E-state index contributed by atoms with van der Waals surface area (Å²) >= 11 is 1.73. The van der Waals surface area contributed by atoms with E-state index < -0.39 is 0 Å². The van der Waals surface area contributed by atoms with Gasteiger partial charge in [-0.05, 0) is 39.2 Å². The molecule has 1 aromatic heterocycles. The molecule has 0 aliphatic heterocycles. The summed E-state index contributed by atoms with van der Waals surface area (Å²) in [6.45, 7) is 7.68. The lowest BCUT2D eigenvalue weighted by molar-refractivity contribution is 0.0946. The third-order valence-corrected chi connectivity index (χ3v) is 3.85. The molecule has 4 nitrogen and oxygen atoms in total. The third-order valence-electron chi connectivity index (χ3n) is 2.60. The largest absolute Gasteiger partial charge is 0.384 e. The summed E-state index contributed by atoms with van der Waals surface area (Å²) in [4.78, 5) is 16.0. The summed E-state index contributed by atoms with van der Waals surface area (Å²) < 4.78 is 0.0410. The first kappa shape index (κ1) is 14.8. The maximum atomic E-state index is 11.9. The molecule has 0 fully saturated rings. The van der Waals surface area contributed by atoms with Crippen molar-refractivity contribution in [1.29, 1.82) is 0 Å². The van der Waals surface area contributed by atoms with Crippen LogP contribution in [-0.2, 0) is 0 Å². The van der Waals surface area contributed by atoms with Crippen molar-refractivity contribution < 1.29 is 4.79 Å². The van der Waals surface area contributed by atoms with Crippen LogP contribution in [0.15, 0.2) is 18.3 Å². The lowest BCUT2D eigenvalue weighted by Gasteiger charge is -2.22. The van der Waals surface area contributed by atoms with Crippen molar-refractivity contribution in [3.8, 4) is 0 Å². The number of nitrogens with one attached hydrogen (secondary N) is 2. The first-order valence-corrected chi connectivity index (χ1v) is 7.24. The van der Waals surface area contributed by atoms with Gasteiger partial charge in [0.25, 0.3) is 5.91 Å². The number of hydrogen-bond donors (Lipinski definition) is 2. The molecule has 0 saturated carbocycles. The molecule has 0 bridgehead atoms. The van der Waals surface area contributed by atoms with E-state index in [0.717, 1.165) is 12.2 Å². The molecular formula is C13H21N3OS. The molecule has 1 heterocycles. The van der Waals surface area contributed by atoms with E-state index in [1.165, 1.54) is 0 Å². The van der Waals surface area contributed by atoms with Gasteiger partial charge in [0.05, 0.1) is 11.9 Å². The standard InChI is InChI=1S/C13H21N3OS/c1-5-14-10-6-7-11(15-8-10)12(17)16-9-13(2,3)18-4/h6-8,14H,5,9H2,1-4H3,(H,16,17). The highest BCUT2D eigenvalue weighted by molar-refractivity contribution is 7.99. The smallest absolute Gasteiger partial charge is 0.269 e. The second-order valence-electron chi connectivity index (χ2n) is 4.61. The number of pyridine rings is 1. The fraction of sp³-hybridized carbons (Fsp3) is 0.538. The molecule has 0 aromatic carbocycles. The summed E-state index contributed by atoms with van der Waals surface area (Å²) in [5, 5.41) is 6.04. The Morgan fingerprint density at radius 2 is 2.17 bits per heavy atom. The van der Waals surface area contributed by atoms with E-state index >= 15 is 0 Å². The lowest BCUT2D eigenvalue weighted by atomic mass is 10.2. The van der Waals surface area contributed by atoms with E-state index in [9.17, 15) is 4.79 Å². The Morgan fingerprint density at radius 1 is 1.44 bits per heavy atom. The fourth-order valence-corrected chi connectivity index (χ4v) is 1.51. The number of rotatable bonds is 6. The van der Waals surface area contributed by atoms with Gasteiger partial charge in [-0.25, -0.2) is 4.98 Å². The van der Waals surface area contributed by atoms with Gasteiger partial charge >= 0.3 is 0 Å². The van der Waals surface area contributed by atoms with Gasteiger partial charge in [-0.2, -0.15) is 11.8 Å². The highest BCUT2D eigenvalue weighted by Crippen LogP contribution is 2.19. The lowest BCUT2D eigenvalue weighted by Crippen LogP contribution is -2.36. The molecule has 5 heteroatoms. The van der Waals surface area contributed by atoms with E-state index in [0.29, 0.717) is 12.2 Å². The molecule has 0 aliphatic rings. The summed E-state index contributed by atoms with van der Waals surface area (Å²) in [7, 11) is 0. The predicted octanol–water partition coefficient (Wildman–Crippen LogP) is 2.38. The van der Waals surface area contributed by atoms with Crippen LogP contribution in [0.2, 0.25) is 0 Å². The molecule has 1 rings (SSSR count). The molecule has 100 valence electrons. The van der Waals surface area contributed by atoms with E-state index in [1.54, 1.807) is 24.0 Å². The molecule has 2 N–H and O–H groups in total. The number of carbonyl (C=O) groups excluding carboxylic acids is 1. The molecule has 0 radical (unpaired) electrons. The molecule has 1 aromatic rings. The minimum Gasteiger partial charge on any atom is -0.384 e. The second kappa shape index (κ2) is 6.64. The zero-order valence-electron chi connectivity index (χ0n) is 11.4. The first-order chi connectivity index (χ1) is 8.48. The average Bonchev–Trinajstić information content (AvgIpc) is 2.37. The summed E-state index contributed by atoms with van der Waals surface area (Å²) in [5.74, 6) is -0.125. The van der Waals surface area contributed by atoms with Crippen molar-refractivity contribution in [3.63, 3.8) is 0 Å². The zero-order chi connectivity index (χ0) is 13.6. The van der Waals surface area contributed by atoms with Gasteiger partial charge in [-0.1, -0.05) is 0 Å². The van der Waals surface area contributed by atoms with Crippen LogP contribution in [0.4, 0.5) is 5.69 Å². The number of carbonyl (C=O) groups is 1. The predicted molar refractivity (Wildman–Crippen MR) is 78.3 cm³/mol. The summed E-state index contributed by atoms with van der Waals surface area (Å²) in [5.41, 5.74) is 1.38. The number of nitrogens with zero attached hydrogens (tertiary/aromatic N) is 1. The van der Waals surface area contributed by atoms with E-state index in [-0.39, 0.29) is 10.7 Å². The van der Waals surface area contributed by atoms with Gasteiger partial charge in [0, 0.05) is 17.8 Å². The Labute approximate surface area is 113 Å². The van der Waals surface area contributed by atoms with Crippen molar-refractivity contribution in [1.82, 2.24) is 10.3 Å². The van der Waals surface area contributed by atoms with Crippen molar-refractivity contribution >= 4 is 23.4 Å². The topological polar surface area (TPSA) is 54.0 Å². The summed E-state index contributed by atoms with van der Waals surface area (Å²) in [6.07, 6.45) is 3.72. The SMILES string of the molecule is CCNc1ccc(C(=O)NCC(C)(C)SC)nc1. The molecular weight excluding hydrogens is 246 g/mol. The number of thioether (sulfide) groups is 1. The van der Waals surface area contributed by atoms with Crippen LogP contribution in [0.5, 0.6) is 0 Å². The molecule has 0 saturated heterocycles. The molecule has 1 amide bonds. The van der Waals surface area contributed by atoms with Crippen molar-refractivity contribution in [3.05, 3.63) is 24.0 Å². The molecule has 0 spiro atoms. The minimum atomic E-state index is -0.125. The van der Waals surface area contributed by atoms with Crippen LogP contribution in [0.1, 0.15) is 31.3 Å². The van der Waals surface area contributed by atoms with Gasteiger partial charge < -0.3 is 10.6 Å². The van der Waals surface area contributed by atoms with Crippen LogP contribution in [-0.4, -0.2) is 35.0 Å². The third kappa shape index (κ3) is 4.56. The Bertz CT molecular complexity index is 390. The highest BCUT2D eigenvalue weighted by atomic mass is 32.2. The van der Waals surface area contributed by atoms with Crippen molar-refractivity contribution in [2.24, 2.45) is 0 Å². The van der Waals surface area contributed by atoms with Gasteiger partial charge in [0.1, 0.15) is 5.69 Å². The Balaban J connectivity index is 2.56. The first-order valence-electron chi connectivity index (χ1n) is 6.02. The Morgan fingerprint density at radius 3 is 2.67 bits per heavy atom. The normalized spacial score (nSPS) is 11.1. The molecule has 0 aliphatic carbocycles. The van der Waals surface area contributed by atoms with Crippen LogP contribution in [0.25, 0.3) is 0 Å². The molecule has 18 heavy (non-hydrogen) atoms. The van der Waals surface area contributed by atoms with Crippen LogP contribution in [0.3, 0.4) is 0 Å². The number of anilines is 1. The van der Waals surface area contributed by atoms with Crippen LogP contribution in [0, 0.1) is 0 Å². The van der Waals surface area contributed by atoms with E-state index in [1.807, 2.05) is 19.2 Å². The van der Waals surface area contributed by atoms with Crippen LogP contribution < -0.4 is 10.6 Å². The second-order valence-corrected chi connectivity index (χ2v) is 6.12. The van der Waals surface area contributed by atoms with Gasteiger partial charge in [0.2, 0.25) is 0 Å². The fourth-order valence-electron chi connectivity index (χ4n) is 1.29. The molecule has 0 atom stereocenters. The number of aromatic nitrogens is 1. The Kier molecular flexibility index (Phi) is 5.47. The van der Waals surface area contributed by atoms with E-state index in [4.69, 9.17) is 0 Å². The number of amides is 1. The average molecular weight is 267 g/mol. The Hall–Kier alpha value is -1.23.